The van der Waals surface area contributed by atoms with Gasteiger partial charge in [0.05, 0.1) is 26.3 Å². The van der Waals surface area contributed by atoms with Crippen molar-refractivity contribution in [3.05, 3.63) is 95.7 Å². The van der Waals surface area contributed by atoms with Crippen molar-refractivity contribution in [3.8, 4) is 11.5 Å². The Hall–Kier alpha value is -4.06. The molecule has 35 heavy (non-hydrogen) atoms. The Morgan fingerprint density at radius 2 is 1.63 bits per heavy atom. The van der Waals surface area contributed by atoms with E-state index in [2.05, 4.69) is 22.0 Å². The number of carbonyl (C=O) groups is 2. The normalized spacial score (nSPS) is 16.2. The monoisotopic (exact) mass is 468 g/mol. The Morgan fingerprint density at radius 3 is 2.26 bits per heavy atom. The highest BCUT2D eigenvalue weighted by Crippen LogP contribution is 2.33. The molecule has 0 aliphatic carbocycles. The van der Waals surface area contributed by atoms with E-state index in [0.717, 1.165) is 28.6 Å². The summed E-state index contributed by atoms with van der Waals surface area (Å²) in [5.74, 6) is 1.54. The second-order valence-corrected chi connectivity index (χ2v) is 8.86. The van der Waals surface area contributed by atoms with Gasteiger partial charge in [0, 0.05) is 34.6 Å². The van der Waals surface area contributed by atoms with E-state index in [0.29, 0.717) is 29.7 Å². The van der Waals surface area contributed by atoms with E-state index in [1.807, 2.05) is 42.6 Å². The fourth-order valence-corrected chi connectivity index (χ4v) is 4.92. The summed E-state index contributed by atoms with van der Waals surface area (Å²) < 4.78 is 12.7. The van der Waals surface area contributed by atoms with Crippen LogP contribution < -0.4 is 14.8 Å². The van der Waals surface area contributed by atoms with Crippen LogP contribution in [0.15, 0.2) is 79.0 Å². The Morgan fingerprint density at radius 1 is 0.971 bits per heavy atom. The molecule has 3 aromatic carbocycles. The summed E-state index contributed by atoms with van der Waals surface area (Å²) in [4.78, 5) is 25.7. The highest BCUT2D eigenvalue weighted by Gasteiger charge is 2.32. The van der Waals surface area contributed by atoms with Crippen LogP contribution in [0.3, 0.4) is 0 Å². The first-order chi connectivity index (χ1) is 17.1. The van der Waals surface area contributed by atoms with Crippen LogP contribution in [0.2, 0.25) is 0 Å². The molecule has 2 heterocycles. The first-order valence-electron chi connectivity index (χ1n) is 11.8. The summed E-state index contributed by atoms with van der Waals surface area (Å²) in [6.45, 7) is 0. The molecule has 6 nitrogen and oxygen atoms in total. The molecule has 0 saturated carbocycles. The molecule has 1 saturated heterocycles. The van der Waals surface area contributed by atoms with Gasteiger partial charge in [0.1, 0.15) is 11.5 Å². The molecule has 1 fully saturated rings. The summed E-state index contributed by atoms with van der Waals surface area (Å²) >= 11 is 0. The number of carbonyl (C=O) groups excluding carboxylic acids is 2. The predicted molar refractivity (Wildman–Crippen MR) is 135 cm³/mol. The topological polar surface area (TPSA) is 69.6 Å². The van der Waals surface area contributed by atoms with E-state index in [1.165, 1.54) is 0 Å². The van der Waals surface area contributed by atoms with E-state index in [9.17, 15) is 9.59 Å². The molecule has 6 heteroatoms. The lowest BCUT2D eigenvalue weighted by Crippen LogP contribution is -2.35. The average molecular weight is 469 g/mol. The zero-order chi connectivity index (χ0) is 24.4. The van der Waals surface area contributed by atoms with Crippen molar-refractivity contribution in [2.24, 2.45) is 0 Å². The largest absolute Gasteiger partial charge is 0.497 e. The van der Waals surface area contributed by atoms with Gasteiger partial charge < -0.3 is 19.4 Å². The van der Waals surface area contributed by atoms with Crippen molar-refractivity contribution in [2.45, 2.75) is 31.3 Å². The van der Waals surface area contributed by atoms with Crippen LogP contribution in [-0.2, 0) is 11.2 Å². The van der Waals surface area contributed by atoms with Crippen molar-refractivity contribution < 1.29 is 19.1 Å². The van der Waals surface area contributed by atoms with Gasteiger partial charge in [-0.1, -0.05) is 30.3 Å². The summed E-state index contributed by atoms with van der Waals surface area (Å²) in [5, 5.41) is 4.06. The van der Waals surface area contributed by atoms with Gasteiger partial charge >= 0.3 is 0 Å². The SMILES string of the molecule is COc1ccc(CC(C2CCC(=O)N2)n2cc(C(=O)c3ccc(OC)cc3)c3ccccc32)cc1. The Kier molecular flexibility index (Phi) is 6.27. The minimum absolute atomic E-state index is 0.0238. The van der Waals surface area contributed by atoms with Gasteiger partial charge in [-0.3, -0.25) is 9.59 Å². The number of para-hydroxylation sites is 1. The molecule has 5 rings (SSSR count). The number of hydrogen-bond donors (Lipinski definition) is 1. The first kappa shape index (κ1) is 22.7. The molecule has 2 atom stereocenters. The van der Waals surface area contributed by atoms with Gasteiger partial charge in [-0.25, -0.2) is 0 Å². The maximum Gasteiger partial charge on any atom is 0.220 e. The molecular formula is C29H28N2O4. The van der Waals surface area contributed by atoms with Crippen LogP contribution in [0.1, 0.15) is 40.4 Å². The summed E-state index contributed by atoms with van der Waals surface area (Å²) in [6.07, 6.45) is 3.94. The standard InChI is InChI=1S/C29H28N2O4/c1-34-21-11-7-19(8-12-21)17-27(25-15-16-28(32)30-25)31-18-24(23-5-3-4-6-26(23)31)29(33)20-9-13-22(35-2)14-10-20/h3-14,18,25,27H,15-17H2,1-2H3,(H,30,32). The third-order valence-corrected chi connectivity index (χ3v) is 6.79. The number of amides is 1. The smallest absolute Gasteiger partial charge is 0.220 e. The fourth-order valence-electron chi connectivity index (χ4n) is 4.92. The lowest BCUT2D eigenvalue weighted by atomic mass is 9.97. The second kappa shape index (κ2) is 9.66. The molecular weight excluding hydrogens is 440 g/mol. The number of hydrogen-bond acceptors (Lipinski definition) is 4. The van der Waals surface area contributed by atoms with Gasteiger partial charge in [0.15, 0.2) is 5.78 Å². The average Bonchev–Trinajstić information content (AvgIpc) is 3.51. The molecule has 2 unspecified atom stereocenters. The van der Waals surface area contributed by atoms with Gasteiger partial charge in [0.2, 0.25) is 5.91 Å². The van der Waals surface area contributed by atoms with E-state index >= 15 is 0 Å². The van der Waals surface area contributed by atoms with Crippen molar-refractivity contribution in [1.29, 1.82) is 0 Å². The highest BCUT2D eigenvalue weighted by atomic mass is 16.5. The van der Waals surface area contributed by atoms with Crippen molar-refractivity contribution in [2.75, 3.05) is 14.2 Å². The lowest BCUT2D eigenvalue weighted by molar-refractivity contribution is -0.119. The van der Waals surface area contributed by atoms with E-state index < -0.39 is 0 Å². The molecule has 4 aromatic rings. The zero-order valence-corrected chi connectivity index (χ0v) is 19.9. The summed E-state index contributed by atoms with van der Waals surface area (Å²) in [6, 6.07) is 23.1. The predicted octanol–water partition coefficient (Wildman–Crippen LogP) is 4.95. The first-order valence-corrected chi connectivity index (χ1v) is 11.8. The number of ketones is 1. The summed E-state index contributed by atoms with van der Waals surface area (Å²) in [5.41, 5.74) is 3.37. The van der Waals surface area contributed by atoms with Crippen LogP contribution in [0.25, 0.3) is 10.9 Å². The van der Waals surface area contributed by atoms with Crippen LogP contribution in [-0.4, -0.2) is 36.5 Å². The zero-order valence-electron chi connectivity index (χ0n) is 19.9. The maximum absolute atomic E-state index is 13.6. The van der Waals surface area contributed by atoms with Gasteiger partial charge in [0.25, 0.3) is 0 Å². The molecule has 1 aliphatic rings. The van der Waals surface area contributed by atoms with Gasteiger partial charge in [-0.05, 0) is 60.9 Å². The molecule has 1 amide bonds. The number of rotatable bonds is 8. The molecule has 178 valence electrons. The van der Waals surface area contributed by atoms with E-state index in [-0.39, 0.29) is 23.8 Å². The summed E-state index contributed by atoms with van der Waals surface area (Å²) in [7, 11) is 3.26. The third kappa shape index (κ3) is 4.52. The molecule has 0 bridgehead atoms. The van der Waals surface area contributed by atoms with Crippen LogP contribution in [0.4, 0.5) is 0 Å². The Balaban J connectivity index is 1.57. The number of methoxy groups -OCH3 is 2. The number of aromatic nitrogens is 1. The number of ether oxygens (including phenoxy) is 2. The van der Waals surface area contributed by atoms with E-state index in [1.54, 1.807) is 38.5 Å². The third-order valence-electron chi connectivity index (χ3n) is 6.79. The second-order valence-electron chi connectivity index (χ2n) is 8.86. The molecule has 1 aliphatic heterocycles. The van der Waals surface area contributed by atoms with Gasteiger partial charge in [-0.15, -0.1) is 0 Å². The van der Waals surface area contributed by atoms with Crippen LogP contribution >= 0.6 is 0 Å². The maximum atomic E-state index is 13.6. The van der Waals surface area contributed by atoms with Crippen LogP contribution in [0.5, 0.6) is 11.5 Å². The minimum Gasteiger partial charge on any atom is -0.497 e. The Labute approximate surface area is 204 Å². The van der Waals surface area contributed by atoms with Gasteiger partial charge in [-0.2, -0.15) is 0 Å². The quantitative estimate of drug-likeness (QED) is 0.372. The molecule has 1 N–H and O–H groups in total. The van der Waals surface area contributed by atoms with Crippen molar-refractivity contribution in [1.82, 2.24) is 9.88 Å². The fraction of sp³-hybridized carbons (Fsp3) is 0.241. The lowest BCUT2D eigenvalue weighted by Gasteiger charge is -2.26. The number of nitrogens with zero attached hydrogens (tertiary/aromatic N) is 1. The number of fused-ring (bicyclic) bond motifs is 1. The number of nitrogens with one attached hydrogen (secondary N) is 1. The van der Waals surface area contributed by atoms with Crippen molar-refractivity contribution >= 4 is 22.6 Å². The van der Waals surface area contributed by atoms with Crippen LogP contribution in [0, 0.1) is 0 Å². The highest BCUT2D eigenvalue weighted by molar-refractivity contribution is 6.16. The molecule has 0 spiro atoms. The Bertz CT molecular complexity index is 1360. The van der Waals surface area contributed by atoms with Crippen molar-refractivity contribution in [3.63, 3.8) is 0 Å². The van der Waals surface area contributed by atoms with E-state index in [4.69, 9.17) is 9.47 Å². The molecule has 0 radical (unpaired) electrons. The number of benzene rings is 3. The molecule has 1 aromatic heterocycles. The minimum atomic E-state index is -0.0443.